The van der Waals surface area contributed by atoms with Crippen molar-refractivity contribution >= 4 is 11.8 Å². The van der Waals surface area contributed by atoms with Crippen molar-refractivity contribution in [2.45, 2.75) is 25.9 Å². The van der Waals surface area contributed by atoms with E-state index in [0.29, 0.717) is 31.3 Å². The lowest BCUT2D eigenvalue weighted by atomic mass is 10.1. The highest BCUT2D eigenvalue weighted by Gasteiger charge is 2.24. The Hall–Kier alpha value is -1.60. The molecule has 0 spiro atoms. The number of aliphatic hydroxyl groups excluding tert-OH is 1. The van der Waals surface area contributed by atoms with Gasteiger partial charge in [0, 0.05) is 19.2 Å². The predicted molar refractivity (Wildman–Crippen MR) is 67.9 cm³/mol. The van der Waals surface area contributed by atoms with E-state index in [1.54, 1.807) is 17.9 Å². The van der Waals surface area contributed by atoms with E-state index in [-0.39, 0.29) is 18.7 Å². The summed E-state index contributed by atoms with van der Waals surface area (Å²) in [6, 6.07) is 1.47. The number of likely N-dealkylation sites (tertiary alicyclic amines) is 1. The lowest BCUT2D eigenvalue weighted by Gasteiger charge is -2.32. The second-order valence-electron chi connectivity index (χ2n) is 4.56. The summed E-state index contributed by atoms with van der Waals surface area (Å²) in [6.07, 6.45) is 1.79. The fraction of sp³-hybridized carbons (Fsp3) is 0.667. The van der Waals surface area contributed by atoms with Crippen LogP contribution >= 0.6 is 0 Å². The van der Waals surface area contributed by atoms with Gasteiger partial charge in [0.1, 0.15) is 5.76 Å². The van der Waals surface area contributed by atoms with Crippen LogP contribution in [0, 0.1) is 6.92 Å². The molecule has 2 N–H and O–H groups in total. The standard InChI is InChI=1S/C12H19N3O4/c1-9-7-11(14-19-9)13-12(17)15-4-2-3-10(8-15)18-6-5-16/h7,10,16H,2-6,8H2,1H3,(H,13,14,17). The van der Waals surface area contributed by atoms with Crippen molar-refractivity contribution in [2.24, 2.45) is 0 Å². The number of piperidine rings is 1. The van der Waals surface area contributed by atoms with E-state index in [4.69, 9.17) is 14.4 Å². The lowest BCUT2D eigenvalue weighted by Crippen LogP contribution is -2.45. The van der Waals surface area contributed by atoms with E-state index < -0.39 is 0 Å². The van der Waals surface area contributed by atoms with Crippen molar-refractivity contribution in [3.63, 3.8) is 0 Å². The van der Waals surface area contributed by atoms with Gasteiger partial charge in [-0.15, -0.1) is 0 Å². The first-order chi connectivity index (χ1) is 9.19. The topological polar surface area (TPSA) is 87.8 Å². The van der Waals surface area contributed by atoms with Gasteiger partial charge in [-0.25, -0.2) is 4.79 Å². The number of hydrogen-bond acceptors (Lipinski definition) is 5. The van der Waals surface area contributed by atoms with E-state index in [9.17, 15) is 4.79 Å². The molecule has 0 bridgehead atoms. The highest BCUT2D eigenvalue weighted by Crippen LogP contribution is 2.15. The molecule has 1 aliphatic rings. The predicted octanol–water partition coefficient (Wildman–Crippen LogP) is 0.988. The van der Waals surface area contributed by atoms with Crippen LogP contribution in [0.4, 0.5) is 10.6 Å². The van der Waals surface area contributed by atoms with Gasteiger partial charge in [0.2, 0.25) is 0 Å². The molecule has 1 unspecified atom stereocenters. The van der Waals surface area contributed by atoms with Gasteiger partial charge in [-0.05, 0) is 19.8 Å². The van der Waals surface area contributed by atoms with Crippen LogP contribution in [-0.4, -0.2) is 53.6 Å². The Morgan fingerprint density at radius 1 is 1.74 bits per heavy atom. The second-order valence-corrected chi connectivity index (χ2v) is 4.56. The summed E-state index contributed by atoms with van der Waals surface area (Å²) in [5.74, 6) is 1.07. The number of urea groups is 1. The Labute approximate surface area is 111 Å². The first-order valence-corrected chi connectivity index (χ1v) is 6.40. The van der Waals surface area contributed by atoms with Crippen molar-refractivity contribution in [1.29, 1.82) is 0 Å². The maximum absolute atomic E-state index is 12.0. The summed E-state index contributed by atoms with van der Waals surface area (Å²) >= 11 is 0. The summed E-state index contributed by atoms with van der Waals surface area (Å²) in [7, 11) is 0. The van der Waals surface area contributed by atoms with Crippen LogP contribution in [0.2, 0.25) is 0 Å². The van der Waals surface area contributed by atoms with Crippen LogP contribution in [-0.2, 0) is 4.74 Å². The van der Waals surface area contributed by atoms with Gasteiger partial charge in [0.05, 0.1) is 19.3 Å². The molecule has 7 nitrogen and oxygen atoms in total. The zero-order chi connectivity index (χ0) is 13.7. The molecule has 1 fully saturated rings. The Kier molecular flexibility index (Phi) is 4.75. The highest BCUT2D eigenvalue weighted by atomic mass is 16.5. The summed E-state index contributed by atoms with van der Waals surface area (Å²) in [5, 5.41) is 15.1. The average molecular weight is 269 g/mol. The maximum atomic E-state index is 12.0. The first kappa shape index (κ1) is 13.8. The van der Waals surface area contributed by atoms with Gasteiger partial charge >= 0.3 is 6.03 Å². The van der Waals surface area contributed by atoms with Crippen LogP contribution in [0.15, 0.2) is 10.6 Å². The molecule has 1 aromatic heterocycles. The van der Waals surface area contributed by atoms with E-state index >= 15 is 0 Å². The van der Waals surface area contributed by atoms with E-state index in [1.807, 2.05) is 0 Å². The summed E-state index contributed by atoms with van der Waals surface area (Å²) in [6.45, 7) is 3.30. The molecular weight excluding hydrogens is 250 g/mol. The number of carbonyl (C=O) groups excluding carboxylic acids is 1. The van der Waals surface area contributed by atoms with Crippen LogP contribution in [0.1, 0.15) is 18.6 Å². The van der Waals surface area contributed by atoms with Gasteiger partial charge in [-0.3, -0.25) is 5.32 Å². The van der Waals surface area contributed by atoms with E-state index in [1.165, 1.54) is 0 Å². The number of aromatic nitrogens is 1. The summed E-state index contributed by atoms with van der Waals surface area (Å²) in [4.78, 5) is 13.7. The Balaban J connectivity index is 1.84. The zero-order valence-corrected chi connectivity index (χ0v) is 11.0. The molecule has 106 valence electrons. The third-order valence-corrected chi connectivity index (χ3v) is 2.97. The number of rotatable bonds is 4. The molecule has 2 heterocycles. The number of ether oxygens (including phenoxy) is 1. The molecule has 19 heavy (non-hydrogen) atoms. The third-order valence-electron chi connectivity index (χ3n) is 2.97. The molecule has 0 radical (unpaired) electrons. The minimum Gasteiger partial charge on any atom is -0.394 e. The molecule has 0 saturated carbocycles. The number of aliphatic hydroxyl groups is 1. The SMILES string of the molecule is Cc1cc(NC(=O)N2CCCC(OCCO)C2)no1. The number of anilines is 1. The van der Waals surface area contributed by atoms with E-state index in [2.05, 4.69) is 10.5 Å². The molecule has 1 aromatic rings. The highest BCUT2D eigenvalue weighted by molar-refractivity contribution is 5.88. The molecule has 7 heteroatoms. The number of nitrogens with one attached hydrogen (secondary N) is 1. The minimum atomic E-state index is -0.203. The second kappa shape index (κ2) is 6.53. The fourth-order valence-electron chi connectivity index (χ4n) is 2.09. The first-order valence-electron chi connectivity index (χ1n) is 6.40. The van der Waals surface area contributed by atoms with Crippen molar-refractivity contribution < 1.29 is 19.2 Å². The van der Waals surface area contributed by atoms with Crippen molar-refractivity contribution in [2.75, 3.05) is 31.6 Å². The quantitative estimate of drug-likeness (QED) is 0.851. The number of amides is 2. The van der Waals surface area contributed by atoms with E-state index in [0.717, 1.165) is 12.8 Å². The molecule has 1 aliphatic heterocycles. The molecule has 0 aromatic carbocycles. The molecule has 2 amide bonds. The molecular formula is C12H19N3O4. The molecule has 2 rings (SSSR count). The van der Waals surface area contributed by atoms with Crippen molar-refractivity contribution in [1.82, 2.24) is 10.1 Å². The third kappa shape index (κ3) is 3.93. The normalized spacial score (nSPS) is 19.5. The van der Waals surface area contributed by atoms with Gasteiger partial charge in [0.15, 0.2) is 5.82 Å². The number of hydrogen-bond donors (Lipinski definition) is 2. The van der Waals surface area contributed by atoms with Crippen LogP contribution in [0.5, 0.6) is 0 Å². The molecule has 0 aliphatic carbocycles. The van der Waals surface area contributed by atoms with Crippen molar-refractivity contribution in [3.8, 4) is 0 Å². The lowest BCUT2D eigenvalue weighted by molar-refractivity contribution is -0.00463. The Morgan fingerprint density at radius 2 is 2.58 bits per heavy atom. The Bertz CT molecular complexity index is 421. The molecule has 1 atom stereocenters. The fourth-order valence-corrected chi connectivity index (χ4v) is 2.09. The monoisotopic (exact) mass is 269 g/mol. The largest absolute Gasteiger partial charge is 0.394 e. The molecule has 1 saturated heterocycles. The van der Waals surface area contributed by atoms with Crippen LogP contribution < -0.4 is 5.32 Å². The smallest absolute Gasteiger partial charge is 0.323 e. The van der Waals surface area contributed by atoms with Crippen LogP contribution in [0.25, 0.3) is 0 Å². The summed E-state index contributed by atoms with van der Waals surface area (Å²) < 4.78 is 10.4. The van der Waals surface area contributed by atoms with Crippen molar-refractivity contribution in [3.05, 3.63) is 11.8 Å². The number of carbonyl (C=O) groups is 1. The zero-order valence-electron chi connectivity index (χ0n) is 11.0. The maximum Gasteiger partial charge on any atom is 0.323 e. The minimum absolute atomic E-state index is 0.000906. The number of aryl methyl sites for hydroxylation is 1. The van der Waals surface area contributed by atoms with Gasteiger partial charge in [-0.1, -0.05) is 5.16 Å². The average Bonchev–Trinajstić information content (AvgIpc) is 2.82. The Morgan fingerprint density at radius 3 is 3.26 bits per heavy atom. The van der Waals surface area contributed by atoms with Crippen LogP contribution in [0.3, 0.4) is 0 Å². The summed E-state index contributed by atoms with van der Waals surface area (Å²) in [5.41, 5.74) is 0. The van der Waals surface area contributed by atoms with Gasteiger partial charge in [-0.2, -0.15) is 0 Å². The number of nitrogens with zero attached hydrogens (tertiary/aromatic N) is 2. The van der Waals surface area contributed by atoms with Gasteiger partial charge < -0.3 is 19.3 Å². The van der Waals surface area contributed by atoms with Gasteiger partial charge in [0.25, 0.3) is 0 Å².